The van der Waals surface area contributed by atoms with Crippen LogP contribution in [0.2, 0.25) is 0 Å². The third kappa shape index (κ3) is 3.71. The van der Waals surface area contributed by atoms with Crippen LogP contribution in [0.1, 0.15) is 35.2 Å². The third-order valence-corrected chi connectivity index (χ3v) is 3.62. The fraction of sp³-hybridized carbons (Fsp3) is 0.429. The normalized spacial score (nSPS) is 21.1. The summed E-state index contributed by atoms with van der Waals surface area (Å²) in [5, 5.41) is 2.87. The van der Waals surface area contributed by atoms with Crippen molar-refractivity contribution >= 4 is 29.9 Å². The quantitative estimate of drug-likeness (QED) is 0.790. The first-order chi connectivity index (χ1) is 8.97. The summed E-state index contributed by atoms with van der Waals surface area (Å²) in [6, 6.07) is 5.16. The summed E-state index contributed by atoms with van der Waals surface area (Å²) < 4.78 is 0. The molecule has 0 bridgehead atoms. The van der Waals surface area contributed by atoms with Crippen molar-refractivity contribution in [2.45, 2.75) is 32.2 Å². The fourth-order valence-corrected chi connectivity index (χ4v) is 2.40. The van der Waals surface area contributed by atoms with E-state index in [4.69, 9.17) is 11.5 Å². The molecule has 5 N–H and O–H groups in total. The minimum atomic E-state index is -0.501. The Morgan fingerprint density at radius 1 is 1.30 bits per heavy atom. The van der Waals surface area contributed by atoms with Gasteiger partial charge in [0.05, 0.1) is 0 Å². The number of nitrogens with one attached hydrogen (secondary N) is 1. The molecule has 1 aliphatic rings. The Morgan fingerprint density at radius 3 is 2.55 bits per heavy atom. The van der Waals surface area contributed by atoms with Crippen molar-refractivity contribution < 1.29 is 9.59 Å². The number of primary amides is 1. The summed E-state index contributed by atoms with van der Waals surface area (Å²) in [5.41, 5.74) is 13.0. The SMILES string of the molecule is Cc1ccc(C(N)=O)cc1NC(=O)C1CCC(N)C1.Cl. The smallest absolute Gasteiger partial charge is 0.248 e. The molecule has 1 saturated carbocycles. The number of halogens is 1. The largest absolute Gasteiger partial charge is 0.366 e. The maximum absolute atomic E-state index is 12.1. The first kappa shape index (κ1) is 16.5. The van der Waals surface area contributed by atoms with Gasteiger partial charge in [0, 0.05) is 23.2 Å². The predicted molar refractivity (Wildman–Crippen MR) is 80.9 cm³/mol. The molecule has 6 heteroatoms. The van der Waals surface area contributed by atoms with Crippen molar-refractivity contribution in [2.24, 2.45) is 17.4 Å². The van der Waals surface area contributed by atoms with Crippen molar-refractivity contribution in [3.05, 3.63) is 29.3 Å². The van der Waals surface area contributed by atoms with Crippen molar-refractivity contribution in [1.29, 1.82) is 0 Å². The molecule has 2 unspecified atom stereocenters. The van der Waals surface area contributed by atoms with Gasteiger partial charge in [0.1, 0.15) is 0 Å². The number of rotatable bonds is 3. The molecule has 0 aliphatic heterocycles. The molecule has 20 heavy (non-hydrogen) atoms. The predicted octanol–water partition coefficient (Wildman–Crippen LogP) is 1.58. The van der Waals surface area contributed by atoms with E-state index < -0.39 is 5.91 Å². The molecule has 0 saturated heterocycles. The summed E-state index contributed by atoms with van der Waals surface area (Å²) in [5.74, 6) is -0.567. The van der Waals surface area contributed by atoms with Crippen molar-refractivity contribution in [3.8, 4) is 0 Å². The molecule has 1 aliphatic carbocycles. The maximum Gasteiger partial charge on any atom is 0.248 e. The van der Waals surface area contributed by atoms with Gasteiger partial charge >= 0.3 is 0 Å². The van der Waals surface area contributed by atoms with Gasteiger partial charge in [-0.15, -0.1) is 12.4 Å². The number of aryl methyl sites for hydroxylation is 1. The van der Waals surface area contributed by atoms with E-state index in [1.54, 1.807) is 18.2 Å². The summed E-state index contributed by atoms with van der Waals surface area (Å²) in [6.45, 7) is 1.88. The third-order valence-electron chi connectivity index (χ3n) is 3.62. The molecule has 110 valence electrons. The van der Waals surface area contributed by atoms with Gasteiger partial charge < -0.3 is 16.8 Å². The van der Waals surface area contributed by atoms with Gasteiger partial charge in [0.25, 0.3) is 0 Å². The van der Waals surface area contributed by atoms with E-state index in [0.717, 1.165) is 24.8 Å². The second-order valence-electron chi connectivity index (χ2n) is 5.15. The fourth-order valence-electron chi connectivity index (χ4n) is 2.40. The van der Waals surface area contributed by atoms with Gasteiger partial charge in [-0.3, -0.25) is 9.59 Å². The Labute approximate surface area is 124 Å². The Kier molecular flexibility index (Phi) is 5.53. The summed E-state index contributed by atoms with van der Waals surface area (Å²) in [4.78, 5) is 23.3. The highest BCUT2D eigenvalue weighted by atomic mass is 35.5. The molecule has 2 rings (SSSR count). The van der Waals surface area contributed by atoms with Gasteiger partial charge in [0.15, 0.2) is 0 Å². The molecule has 0 radical (unpaired) electrons. The van der Waals surface area contributed by atoms with Crippen LogP contribution in [0.5, 0.6) is 0 Å². The van der Waals surface area contributed by atoms with E-state index in [1.807, 2.05) is 6.92 Å². The highest BCUT2D eigenvalue weighted by Gasteiger charge is 2.27. The van der Waals surface area contributed by atoms with Gasteiger partial charge in [0.2, 0.25) is 11.8 Å². The molecular formula is C14H20ClN3O2. The van der Waals surface area contributed by atoms with Crippen LogP contribution >= 0.6 is 12.4 Å². The summed E-state index contributed by atoms with van der Waals surface area (Å²) in [7, 11) is 0. The minimum Gasteiger partial charge on any atom is -0.366 e. The zero-order chi connectivity index (χ0) is 14.0. The Bertz CT molecular complexity index is 519. The molecule has 0 heterocycles. The average Bonchev–Trinajstić information content (AvgIpc) is 2.78. The van der Waals surface area contributed by atoms with Crippen LogP contribution in [0.3, 0.4) is 0 Å². The lowest BCUT2D eigenvalue weighted by Gasteiger charge is -2.13. The van der Waals surface area contributed by atoms with Crippen LogP contribution < -0.4 is 16.8 Å². The molecule has 5 nitrogen and oxygen atoms in total. The highest BCUT2D eigenvalue weighted by Crippen LogP contribution is 2.26. The molecule has 1 aromatic carbocycles. The van der Waals surface area contributed by atoms with E-state index in [-0.39, 0.29) is 30.3 Å². The molecular weight excluding hydrogens is 278 g/mol. The second kappa shape index (κ2) is 6.72. The van der Waals surface area contributed by atoms with Crippen molar-refractivity contribution in [1.82, 2.24) is 0 Å². The number of anilines is 1. The number of hydrogen-bond acceptors (Lipinski definition) is 3. The molecule has 2 atom stereocenters. The summed E-state index contributed by atoms with van der Waals surface area (Å²) in [6.07, 6.45) is 2.43. The maximum atomic E-state index is 12.1. The zero-order valence-corrected chi connectivity index (χ0v) is 12.2. The van der Waals surface area contributed by atoms with E-state index in [1.165, 1.54) is 0 Å². The number of carbonyl (C=O) groups is 2. The van der Waals surface area contributed by atoms with E-state index >= 15 is 0 Å². The van der Waals surface area contributed by atoms with Gasteiger partial charge in [-0.1, -0.05) is 6.07 Å². The lowest BCUT2D eigenvalue weighted by Crippen LogP contribution is -2.23. The van der Waals surface area contributed by atoms with Gasteiger partial charge in [-0.05, 0) is 43.9 Å². The molecule has 0 aromatic heterocycles. The molecule has 0 spiro atoms. The average molecular weight is 298 g/mol. The minimum absolute atomic E-state index is 0. The Balaban J connectivity index is 0.00000200. The van der Waals surface area contributed by atoms with Crippen LogP contribution in [-0.2, 0) is 4.79 Å². The van der Waals surface area contributed by atoms with Crippen LogP contribution in [-0.4, -0.2) is 17.9 Å². The lowest BCUT2D eigenvalue weighted by molar-refractivity contribution is -0.119. The zero-order valence-electron chi connectivity index (χ0n) is 11.4. The van der Waals surface area contributed by atoms with E-state index in [0.29, 0.717) is 11.3 Å². The first-order valence-corrected chi connectivity index (χ1v) is 6.44. The standard InChI is InChI=1S/C14H19N3O2.ClH/c1-8-2-3-9(13(16)18)7-12(8)17-14(19)10-4-5-11(15)6-10;/h2-3,7,10-11H,4-6,15H2,1H3,(H2,16,18)(H,17,19);1H. The lowest BCUT2D eigenvalue weighted by atomic mass is 10.1. The van der Waals surface area contributed by atoms with Crippen LogP contribution in [0, 0.1) is 12.8 Å². The topological polar surface area (TPSA) is 98.2 Å². The van der Waals surface area contributed by atoms with Gasteiger partial charge in [-0.25, -0.2) is 0 Å². The Hall–Kier alpha value is -1.59. The number of nitrogens with two attached hydrogens (primary N) is 2. The van der Waals surface area contributed by atoms with Crippen LogP contribution in [0.4, 0.5) is 5.69 Å². The monoisotopic (exact) mass is 297 g/mol. The second-order valence-corrected chi connectivity index (χ2v) is 5.15. The Morgan fingerprint density at radius 2 is 2.00 bits per heavy atom. The first-order valence-electron chi connectivity index (χ1n) is 6.44. The van der Waals surface area contributed by atoms with Crippen molar-refractivity contribution in [3.63, 3.8) is 0 Å². The summed E-state index contributed by atoms with van der Waals surface area (Å²) >= 11 is 0. The highest BCUT2D eigenvalue weighted by molar-refractivity contribution is 5.97. The molecule has 1 aromatic rings. The number of benzene rings is 1. The van der Waals surface area contributed by atoms with Crippen LogP contribution in [0.25, 0.3) is 0 Å². The number of carbonyl (C=O) groups excluding carboxylic acids is 2. The van der Waals surface area contributed by atoms with Gasteiger partial charge in [-0.2, -0.15) is 0 Å². The number of hydrogen-bond donors (Lipinski definition) is 3. The van der Waals surface area contributed by atoms with E-state index in [9.17, 15) is 9.59 Å². The number of amides is 2. The molecule has 1 fully saturated rings. The van der Waals surface area contributed by atoms with E-state index in [2.05, 4.69) is 5.32 Å². The molecule has 2 amide bonds. The van der Waals surface area contributed by atoms with Crippen LogP contribution in [0.15, 0.2) is 18.2 Å². The van der Waals surface area contributed by atoms with Crippen molar-refractivity contribution in [2.75, 3.05) is 5.32 Å².